The van der Waals surface area contributed by atoms with Crippen LogP contribution in [0.3, 0.4) is 0 Å². The maximum Gasteiger partial charge on any atom is 0.251 e. The molecule has 9 heteroatoms. The molecule has 9 nitrogen and oxygen atoms in total. The van der Waals surface area contributed by atoms with E-state index in [1.165, 1.54) is 5.56 Å². The minimum atomic E-state index is -0.0840. The molecular formula is C39H43N7O2. The number of aromatic amines is 1. The van der Waals surface area contributed by atoms with Crippen LogP contribution in [-0.4, -0.2) is 90.7 Å². The van der Waals surface area contributed by atoms with Gasteiger partial charge in [-0.3, -0.25) is 14.6 Å². The highest BCUT2D eigenvalue weighted by molar-refractivity contribution is 6.07. The average molecular weight is 642 g/mol. The predicted octanol–water partition coefficient (Wildman–Crippen LogP) is 5.93. The molecule has 0 saturated carbocycles. The molecule has 1 aromatic heterocycles. The lowest BCUT2D eigenvalue weighted by Crippen LogP contribution is -2.39. The number of H-pyrrole nitrogens is 1. The number of amides is 2. The monoisotopic (exact) mass is 641 g/mol. The summed E-state index contributed by atoms with van der Waals surface area (Å²) in [4.78, 5) is 42.7. The summed E-state index contributed by atoms with van der Waals surface area (Å²) in [6, 6.07) is 28.0. The third-order valence-electron chi connectivity index (χ3n) is 8.45. The van der Waals surface area contributed by atoms with Gasteiger partial charge in [-0.1, -0.05) is 42.5 Å². The van der Waals surface area contributed by atoms with Gasteiger partial charge in [0, 0.05) is 48.3 Å². The van der Waals surface area contributed by atoms with Crippen LogP contribution in [0.4, 0.5) is 5.69 Å². The lowest BCUT2D eigenvalue weighted by molar-refractivity contribution is 0.0925. The number of carbonyl (C=O) groups is 2. The van der Waals surface area contributed by atoms with Crippen molar-refractivity contribution in [2.75, 3.05) is 41.3 Å². The van der Waals surface area contributed by atoms with Crippen LogP contribution in [0, 0.1) is 0 Å². The third-order valence-corrected chi connectivity index (χ3v) is 8.45. The lowest BCUT2D eigenvalue weighted by atomic mass is 9.99. The first-order valence-corrected chi connectivity index (χ1v) is 16.3. The van der Waals surface area contributed by atoms with Gasteiger partial charge in [0.25, 0.3) is 11.8 Å². The summed E-state index contributed by atoms with van der Waals surface area (Å²) < 4.78 is 0. The highest BCUT2D eigenvalue weighted by Crippen LogP contribution is 2.34. The number of aromatic nitrogens is 2. The molecule has 2 amide bonds. The van der Waals surface area contributed by atoms with Crippen molar-refractivity contribution in [1.82, 2.24) is 30.4 Å². The minimum absolute atomic E-state index is 0.0526. The fourth-order valence-corrected chi connectivity index (χ4v) is 6.25. The van der Waals surface area contributed by atoms with Crippen molar-refractivity contribution in [2.24, 2.45) is 4.99 Å². The summed E-state index contributed by atoms with van der Waals surface area (Å²) in [6.45, 7) is 5.57. The molecule has 1 aliphatic rings. The number of benzene rings is 4. The van der Waals surface area contributed by atoms with Gasteiger partial charge < -0.3 is 25.4 Å². The average Bonchev–Trinajstić information content (AvgIpc) is 3.68. The van der Waals surface area contributed by atoms with Gasteiger partial charge >= 0.3 is 0 Å². The molecule has 246 valence electrons. The van der Waals surface area contributed by atoms with E-state index in [1.54, 1.807) is 0 Å². The zero-order valence-electron chi connectivity index (χ0n) is 28.5. The van der Waals surface area contributed by atoms with Crippen molar-refractivity contribution in [2.45, 2.75) is 32.4 Å². The molecule has 2 heterocycles. The van der Waals surface area contributed by atoms with Crippen LogP contribution in [0.2, 0.25) is 0 Å². The Morgan fingerprint density at radius 2 is 1.23 bits per heavy atom. The van der Waals surface area contributed by atoms with E-state index in [0.717, 1.165) is 70.0 Å². The molecular weight excluding hydrogens is 598 g/mol. The molecule has 0 radical (unpaired) electrons. The van der Waals surface area contributed by atoms with Crippen LogP contribution in [0.1, 0.15) is 45.7 Å². The number of imidazole rings is 1. The van der Waals surface area contributed by atoms with Gasteiger partial charge in [0.1, 0.15) is 5.82 Å². The fourth-order valence-electron chi connectivity index (χ4n) is 6.25. The van der Waals surface area contributed by atoms with Gasteiger partial charge in [-0.05, 0) is 107 Å². The highest BCUT2D eigenvalue weighted by Gasteiger charge is 2.19. The van der Waals surface area contributed by atoms with Crippen LogP contribution in [0.25, 0.3) is 33.5 Å². The Labute approximate surface area is 282 Å². The highest BCUT2D eigenvalue weighted by atomic mass is 16.2. The smallest absolute Gasteiger partial charge is 0.251 e. The van der Waals surface area contributed by atoms with E-state index in [0.29, 0.717) is 11.1 Å². The van der Waals surface area contributed by atoms with E-state index in [9.17, 15) is 9.59 Å². The lowest BCUT2D eigenvalue weighted by Gasteiger charge is -2.18. The molecule has 4 aromatic carbocycles. The SMILES string of the molecule is C[C@H](CN(C)C)NC(=O)c1ccc(C2=Nc3cc(-c4ccc5nc(-c6ccc(C(=O)N[C@H](C)CN(C)C)cc6)[nH]c5c4)ccc3C2)cc1. The topological polar surface area (TPSA) is 106 Å². The third kappa shape index (κ3) is 7.54. The van der Waals surface area contributed by atoms with Crippen LogP contribution >= 0.6 is 0 Å². The van der Waals surface area contributed by atoms with Crippen molar-refractivity contribution in [3.63, 3.8) is 0 Å². The summed E-state index contributed by atoms with van der Waals surface area (Å²) in [6.07, 6.45) is 0.750. The molecule has 2 atom stereocenters. The largest absolute Gasteiger partial charge is 0.348 e. The van der Waals surface area contributed by atoms with E-state index in [1.807, 2.05) is 96.6 Å². The summed E-state index contributed by atoms with van der Waals surface area (Å²) in [5.74, 6) is 0.603. The molecule has 0 fully saturated rings. The number of aliphatic imine (C=N–C) groups is 1. The molecule has 0 spiro atoms. The summed E-state index contributed by atoms with van der Waals surface area (Å²) in [5, 5.41) is 6.10. The zero-order valence-corrected chi connectivity index (χ0v) is 28.5. The molecule has 0 aliphatic carbocycles. The maximum atomic E-state index is 12.7. The number of hydrogen-bond donors (Lipinski definition) is 3. The molecule has 0 bridgehead atoms. The second kappa shape index (κ2) is 13.9. The van der Waals surface area contributed by atoms with Gasteiger partial charge in [0.2, 0.25) is 0 Å². The number of hydrogen-bond acceptors (Lipinski definition) is 6. The number of fused-ring (bicyclic) bond motifs is 2. The number of rotatable bonds is 11. The number of nitrogens with one attached hydrogen (secondary N) is 3. The van der Waals surface area contributed by atoms with Gasteiger partial charge in [-0.15, -0.1) is 0 Å². The number of carbonyl (C=O) groups excluding carboxylic acids is 2. The molecule has 0 saturated heterocycles. The van der Waals surface area contributed by atoms with Gasteiger partial charge in [0.05, 0.1) is 22.4 Å². The van der Waals surface area contributed by atoms with Crippen LogP contribution in [0.5, 0.6) is 0 Å². The Bertz CT molecular complexity index is 1970. The Kier molecular flexibility index (Phi) is 9.52. The van der Waals surface area contributed by atoms with Crippen molar-refractivity contribution in [3.05, 3.63) is 107 Å². The van der Waals surface area contributed by atoms with Crippen molar-refractivity contribution in [1.29, 1.82) is 0 Å². The number of nitrogens with zero attached hydrogens (tertiary/aromatic N) is 4. The number of likely N-dealkylation sites (N-methyl/N-ethyl adjacent to an activating group) is 2. The fraction of sp³-hybridized carbons (Fsp3) is 0.282. The predicted molar refractivity (Wildman–Crippen MR) is 194 cm³/mol. The van der Waals surface area contributed by atoms with Crippen molar-refractivity contribution < 1.29 is 9.59 Å². The second-order valence-electron chi connectivity index (χ2n) is 13.3. The van der Waals surface area contributed by atoms with Gasteiger partial charge in [0.15, 0.2) is 0 Å². The minimum Gasteiger partial charge on any atom is -0.348 e. The molecule has 48 heavy (non-hydrogen) atoms. The van der Waals surface area contributed by atoms with E-state index in [4.69, 9.17) is 9.98 Å². The quantitative estimate of drug-likeness (QED) is 0.166. The normalized spacial score (nSPS) is 13.8. The van der Waals surface area contributed by atoms with Crippen LogP contribution in [-0.2, 0) is 6.42 Å². The standard InChI is InChI=1S/C39H43N7O2/c1-24(22-45(3)4)40-38(47)28-11-7-26(8-12-28)34-21-32-16-15-30(19-35(32)42-34)31-17-18-33-36(20-31)44-37(43-33)27-9-13-29(14-10-27)39(48)41-25(2)23-46(5)6/h7-20,24-25H,21-23H2,1-6H3,(H,40,47)(H,41,48)(H,43,44)/t24-,25-/m1/s1. The van der Waals surface area contributed by atoms with Gasteiger partial charge in [-0.25, -0.2) is 4.98 Å². The summed E-state index contributed by atoms with van der Waals surface area (Å²) in [7, 11) is 7.97. The second-order valence-corrected chi connectivity index (χ2v) is 13.3. The van der Waals surface area contributed by atoms with E-state index < -0.39 is 0 Å². The first kappa shape index (κ1) is 32.8. The molecule has 6 rings (SSSR count). The molecule has 5 aromatic rings. The van der Waals surface area contributed by atoms with Gasteiger partial charge in [-0.2, -0.15) is 0 Å². The molecule has 3 N–H and O–H groups in total. The van der Waals surface area contributed by atoms with Crippen molar-refractivity contribution in [3.8, 4) is 22.5 Å². The molecule has 1 aliphatic heterocycles. The van der Waals surface area contributed by atoms with E-state index in [-0.39, 0.29) is 23.9 Å². The summed E-state index contributed by atoms with van der Waals surface area (Å²) in [5.41, 5.74) is 10.3. The first-order valence-electron chi connectivity index (χ1n) is 16.3. The Hall–Kier alpha value is -5.12. The first-order chi connectivity index (χ1) is 23.0. The maximum absolute atomic E-state index is 12.7. The van der Waals surface area contributed by atoms with Crippen LogP contribution in [0.15, 0.2) is 89.9 Å². The molecule has 0 unspecified atom stereocenters. The van der Waals surface area contributed by atoms with Crippen molar-refractivity contribution >= 4 is 34.2 Å². The van der Waals surface area contributed by atoms with E-state index >= 15 is 0 Å². The summed E-state index contributed by atoms with van der Waals surface area (Å²) >= 11 is 0. The van der Waals surface area contributed by atoms with E-state index in [2.05, 4.69) is 55.7 Å². The Balaban J connectivity index is 1.14. The van der Waals surface area contributed by atoms with Crippen LogP contribution < -0.4 is 10.6 Å². The Morgan fingerprint density at radius 3 is 1.81 bits per heavy atom. The zero-order chi connectivity index (χ0) is 33.9. The Morgan fingerprint density at radius 1 is 0.708 bits per heavy atom.